The van der Waals surface area contributed by atoms with Crippen molar-refractivity contribution in [3.05, 3.63) is 57.0 Å². The fourth-order valence-corrected chi connectivity index (χ4v) is 1.97. The van der Waals surface area contributed by atoms with E-state index in [0.29, 0.717) is 26.5 Å². The minimum atomic E-state index is 0.282. The van der Waals surface area contributed by atoms with Gasteiger partial charge in [-0.3, -0.25) is 0 Å². The molecule has 0 heterocycles. The Hall–Kier alpha value is -1.09. The van der Waals surface area contributed by atoms with E-state index in [4.69, 9.17) is 45.3 Å². The number of rotatable bonds is 3. The molecule has 0 atom stereocenters. The van der Waals surface area contributed by atoms with Crippen LogP contribution in [0.5, 0.6) is 5.75 Å². The normalized spacial score (nSPS) is 10.4. The van der Waals surface area contributed by atoms with Gasteiger partial charge in [-0.05, 0) is 30.3 Å². The number of nitrogens with two attached hydrogens (primary N) is 1. The average Bonchev–Trinajstić information content (AvgIpc) is 2.34. The van der Waals surface area contributed by atoms with Gasteiger partial charge in [-0.1, -0.05) is 34.8 Å². The average molecular weight is 303 g/mol. The molecule has 0 bridgehead atoms. The zero-order valence-electron chi connectivity index (χ0n) is 9.29. The summed E-state index contributed by atoms with van der Waals surface area (Å²) in [6.45, 7) is 0.282. The van der Waals surface area contributed by atoms with Crippen molar-refractivity contribution in [2.75, 3.05) is 5.73 Å². The van der Waals surface area contributed by atoms with E-state index in [1.54, 1.807) is 36.4 Å². The summed E-state index contributed by atoms with van der Waals surface area (Å²) in [5.41, 5.74) is 7.10. The van der Waals surface area contributed by atoms with Gasteiger partial charge < -0.3 is 10.5 Å². The van der Waals surface area contributed by atoms with Crippen LogP contribution in [0.1, 0.15) is 5.56 Å². The molecule has 0 radical (unpaired) electrons. The zero-order chi connectivity index (χ0) is 13.1. The van der Waals surface area contributed by atoms with Crippen molar-refractivity contribution < 1.29 is 4.74 Å². The lowest BCUT2D eigenvalue weighted by Gasteiger charge is -2.10. The number of anilines is 1. The Labute approximate surface area is 120 Å². The highest BCUT2D eigenvalue weighted by Gasteiger charge is 2.05. The summed E-state index contributed by atoms with van der Waals surface area (Å²) in [4.78, 5) is 0. The highest BCUT2D eigenvalue weighted by molar-refractivity contribution is 6.33. The van der Waals surface area contributed by atoms with Crippen LogP contribution in [0, 0.1) is 0 Å². The summed E-state index contributed by atoms with van der Waals surface area (Å²) in [5.74, 6) is 0.526. The molecule has 2 aromatic rings. The van der Waals surface area contributed by atoms with E-state index in [9.17, 15) is 0 Å². The van der Waals surface area contributed by atoms with Crippen molar-refractivity contribution in [3.63, 3.8) is 0 Å². The molecular formula is C13H10Cl3NO. The van der Waals surface area contributed by atoms with Crippen molar-refractivity contribution >= 4 is 40.5 Å². The van der Waals surface area contributed by atoms with Crippen LogP contribution in [0.4, 0.5) is 5.69 Å². The topological polar surface area (TPSA) is 35.2 Å². The molecule has 0 unspecified atom stereocenters. The van der Waals surface area contributed by atoms with Crippen LogP contribution < -0.4 is 10.5 Å². The van der Waals surface area contributed by atoms with Crippen LogP contribution in [0.25, 0.3) is 0 Å². The molecule has 5 heteroatoms. The van der Waals surface area contributed by atoms with Crippen molar-refractivity contribution in [2.24, 2.45) is 0 Å². The van der Waals surface area contributed by atoms with E-state index < -0.39 is 0 Å². The van der Waals surface area contributed by atoms with Crippen LogP contribution in [0.3, 0.4) is 0 Å². The van der Waals surface area contributed by atoms with Gasteiger partial charge in [0, 0.05) is 26.7 Å². The fourth-order valence-electron chi connectivity index (χ4n) is 1.44. The molecule has 0 saturated carbocycles. The molecular weight excluding hydrogens is 293 g/mol. The first-order valence-electron chi connectivity index (χ1n) is 5.18. The highest BCUT2D eigenvalue weighted by atomic mass is 35.5. The molecule has 0 aromatic heterocycles. The van der Waals surface area contributed by atoms with Gasteiger partial charge in [-0.25, -0.2) is 0 Å². The number of ether oxygens (including phenoxy) is 1. The molecule has 0 aliphatic rings. The second-order valence-electron chi connectivity index (χ2n) is 3.71. The first kappa shape index (κ1) is 13.3. The van der Waals surface area contributed by atoms with Crippen molar-refractivity contribution in [2.45, 2.75) is 6.61 Å². The first-order chi connectivity index (χ1) is 8.56. The summed E-state index contributed by atoms with van der Waals surface area (Å²) < 4.78 is 5.59. The van der Waals surface area contributed by atoms with Crippen molar-refractivity contribution in [1.29, 1.82) is 0 Å². The quantitative estimate of drug-likeness (QED) is 0.826. The summed E-state index contributed by atoms with van der Waals surface area (Å²) >= 11 is 17.8. The van der Waals surface area contributed by atoms with E-state index in [0.717, 1.165) is 5.56 Å². The van der Waals surface area contributed by atoms with E-state index >= 15 is 0 Å². The Morgan fingerprint density at radius 3 is 2.39 bits per heavy atom. The Bertz CT molecular complexity index is 521. The zero-order valence-corrected chi connectivity index (χ0v) is 11.6. The molecule has 0 aliphatic carbocycles. The maximum atomic E-state index is 6.04. The number of hydrogen-bond acceptors (Lipinski definition) is 2. The van der Waals surface area contributed by atoms with Crippen LogP contribution in [0.15, 0.2) is 36.4 Å². The molecule has 2 rings (SSSR count). The van der Waals surface area contributed by atoms with E-state index in [1.165, 1.54) is 0 Å². The summed E-state index contributed by atoms with van der Waals surface area (Å²) in [5, 5.41) is 1.77. The standard InChI is InChI=1S/C13H10Cl3NO/c14-9-1-3-11(16)8(5-9)7-18-13-6-10(15)2-4-12(13)17/h1-6H,7,17H2. The number of halogens is 3. The predicted octanol–water partition coefficient (Wildman–Crippen LogP) is 4.81. The van der Waals surface area contributed by atoms with E-state index in [1.807, 2.05) is 0 Å². The number of nitrogen functional groups attached to an aromatic ring is 1. The largest absolute Gasteiger partial charge is 0.487 e. The Morgan fingerprint density at radius 1 is 0.944 bits per heavy atom. The Balaban J connectivity index is 2.16. The van der Waals surface area contributed by atoms with Gasteiger partial charge in [-0.15, -0.1) is 0 Å². The molecule has 18 heavy (non-hydrogen) atoms. The van der Waals surface area contributed by atoms with Gasteiger partial charge in [-0.2, -0.15) is 0 Å². The molecule has 2 N–H and O–H groups in total. The van der Waals surface area contributed by atoms with E-state index in [2.05, 4.69) is 0 Å². The summed E-state index contributed by atoms with van der Waals surface area (Å²) in [6.07, 6.45) is 0. The molecule has 0 fully saturated rings. The monoisotopic (exact) mass is 301 g/mol. The van der Waals surface area contributed by atoms with Gasteiger partial charge in [0.05, 0.1) is 5.69 Å². The van der Waals surface area contributed by atoms with Gasteiger partial charge >= 0.3 is 0 Å². The third-order valence-electron chi connectivity index (χ3n) is 2.37. The van der Waals surface area contributed by atoms with Gasteiger partial charge in [0.25, 0.3) is 0 Å². The van der Waals surface area contributed by atoms with Crippen LogP contribution in [0.2, 0.25) is 15.1 Å². The van der Waals surface area contributed by atoms with Gasteiger partial charge in [0.2, 0.25) is 0 Å². The van der Waals surface area contributed by atoms with E-state index in [-0.39, 0.29) is 6.61 Å². The minimum absolute atomic E-state index is 0.282. The Kier molecular flexibility index (Phi) is 4.23. The molecule has 0 spiro atoms. The van der Waals surface area contributed by atoms with Crippen molar-refractivity contribution in [3.8, 4) is 5.75 Å². The lowest BCUT2D eigenvalue weighted by Crippen LogP contribution is -1.99. The molecule has 2 aromatic carbocycles. The maximum absolute atomic E-state index is 6.04. The first-order valence-corrected chi connectivity index (χ1v) is 6.31. The van der Waals surface area contributed by atoms with Crippen LogP contribution in [-0.4, -0.2) is 0 Å². The maximum Gasteiger partial charge on any atom is 0.144 e. The number of benzene rings is 2. The molecule has 0 aliphatic heterocycles. The van der Waals surface area contributed by atoms with Gasteiger partial charge in [0.15, 0.2) is 0 Å². The second-order valence-corrected chi connectivity index (χ2v) is 4.99. The third kappa shape index (κ3) is 3.22. The van der Waals surface area contributed by atoms with Crippen molar-refractivity contribution in [1.82, 2.24) is 0 Å². The SMILES string of the molecule is Nc1ccc(Cl)cc1OCc1cc(Cl)ccc1Cl. The minimum Gasteiger partial charge on any atom is -0.487 e. The highest BCUT2D eigenvalue weighted by Crippen LogP contribution is 2.28. The molecule has 94 valence electrons. The van der Waals surface area contributed by atoms with Crippen LogP contribution in [-0.2, 0) is 6.61 Å². The third-order valence-corrected chi connectivity index (χ3v) is 3.21. The lowest BCUT2D eigenvalue weighted by molar-refractivity contribution is 0.308. The second kappa shape index (κ2) is 5.70. The molecule has 0 saturated heterocycles. The lowest BCUT2D eigenvalue weighted by atomic mass is 10.2. The molecule has 0 amide bonds. The summed E-state index contributed by atoms with van der Waals surface area (Å²) in [7, 11) is 0. The van der Waals surface area contributed by atoms with Gasteiger partial charge in [0.1, 0.15) is 12.4 Å². The smallest absolute Gasteiger partial charge is 0.144 e. The van der Waals surface area contributed by atoms with Crippen LogP contribution >= 0.6 is 34.8 Å². The number of hydrogen-bond donors (Lipinski definition) is 1. The fraction of sp³-hybridized carbons (Fsp3) is 0.0769. The molecule has 2 nitrogen and oxygen atoms in total. The summed E-state index contributed by atoms with van der Waals surface area (Å²) in [6, 6.07) is 10.3. The Morgan fingerprint density at radius 2 is 1.61 bits per heavy atom. The predicted molar refractivity (Wildman–Crippen MR) is 76.7 cm³/mol.